The van der Waals surface area contributed by atoms with Gasteiger partial charge in [0.1, 0.15) is 5.30 Å². The molecule has 0 radical (unpaired) electrons. The fourth-order valence-electron chi connectivity index (χ4n) is 3.59. The first-order chi connectivity index (χ1) is 12.1. The predicted octanol–water partition coefficient (Wildman–Crippen LogP) is 5.47. The van der Waals surface area contributed by atoms with Crippen LogP contribution in [-0.4, -0.2) is 17.2 Å². The molecule has 0 aliphatic carbocycles. The summed E-state index contributed by atoms with van der Waals surface area (Å²) in [4.78, 5) is 11.2. The molecular formula is C21H29NO2P+. The fraction of sp³-hybridized carbons (Fsp3) is 0.429. The maximum Gasteiger partial charge on any atom is 0.276 e. The molecule has 0 aliphatic rings. The third-order valence-electron chi connectivity index (χ3n) is 4.97. The van der Waals surface area contributed by atoms with Crippen molar-refractivity contribution in [3.8, 4) is 0 Å². The van der Waals surface area contributed by atoms with Crippen molar-refractivity contribution in [3.63, 3.8) is 0 Å². The number of rotatable bonds is 9. The number of nitro benzene ring substituents is 1. The maximum absolute atomic E-state index is 11.5. The van der Waals surface area contributed by atoms with Crippen LogP contribution in [0.4, 0.5) is 5.69 Å². The summed E-state index contributed by atoms with van der Waals surface area (Å²) < 4.78 is 0. The zero-order valence-electron chi connectivity index (χ0n) is 15.6. The van der Waals surface area contributed by atoms with Gasteiger partial charge in [-0.1, -0.05) is 51.0 Å². The van der Waals surface area contributed by atoms with Gasteiger partial charge < -0.3 is 0 Å². The van der Waals surface area contributed by atoms with Gasteiger partial charge in [-0.25, -0.2) is 0 Å². The zero-order valence-corrected chi connectivity index (χ0v) is 16.5. The summed E-state index contributed by atoms with van der Waals surface area (Å²) in [5, 5.41) is 14.1. The van der Waals surface area contributed by atoms with Crippen molar-refractivity contribution in [1.82, 2.24) is 0 Å². The van der Waals surface area contributed by atoms with E-state index in [1.54, 1.807) is 6.07 Å². The Morgan fingerprint density at radius 1 is 0.920 bits per heavy atom. The summed E-state index contributed by atoms with van der Waals surface area (Å²) in [5.74, 6) is 0. The predicted molar refractivity (Wildman–Crippen MR) is 110 cm³/mol. The second-order valence-corrected chi connectivity index (χ2v) is 10.5. The second-order valence-electron chi connectivity index (χ2n) is 6.64. The SMILES string of the molecule is CCCC[P+](CCCC)(c1ccccc1)c1cccc([N+](=O)[O-])c1C. The van der Waals surface area contributed by atoms with E-state index in [0.717, 1.165) is 43.6 Å². The summed E-state index contributed by atoms with van der Waals surface area (Å²) in [7, 11) is -1.64. The molecule has 2 aromatic rings. The Hall–Kier alpha value is -1.73. The normalized spacial score (nSPS) is 11.5. The van der Waals surface area contributed by atoms with Crippen LogP contribution in [0.2, 0.25) is 0 Å². The van der Waals surface area contributed by atoms with E-state index in [-0.39, 0.29) is 10.6 Å². The molecule has 3 nitrogen and oxygen atoms in total. The maximum atomic E-state index is 11.5. The Morgan fingerprint density at radius 3 is 2.04 bits per heavy atom. The summed E-state index contributed by atoms with van der Waals surface area (Å²) in [6.45, 7) is 6.38. The van der Waals surface area contributed by atoms with E-state index in [1.165, 1.54) is 10.6 Å². The molecule has 0 atom stereocenters. The lowest BCUT2D eigenvalue weighted by Crippen LogP contribution is -2.29. The molecule has 0 amide bonds. The molecule has 0 unspecified atom stereocenters. The van der Waals surface area contributed by atoms with E-state index < -0.39 is 7.26 Å². The molecule has 0 bridgehead atoms. The molecule has 4 heteroatoms. The topological polar surface area (TPSA) is 43.1 Å². The number of hydrogen-bond acceptors (Lipinski definition) is 2. The van der Waals surface area contributed by atoms with Gasteiger partial charge in [0.15, 0.2) is 0 Å². The minimum atomic E-state index is -1.64. The Balaban J connectivity index is 2.68. The number of nitrogens with zero attached hydrogens (tertiary/aromatic N) is 1. The molecule has 0 saturated heterocycles. The minimum Gasteiger partial charge on any atom is -0.258 e. The van der Waals surface area contributed by atoms with Crippen molar-refractivity contribution in [2.45, 2.75) is 46.5 Å². The van der Waals surface area contributed by atoms with E-state index >= 15 is 0 Å². The van der Waals surface area contributed by atoms with Gasteiger partial charge in [0.05, 0.1) is 35.4 Å². The van der Waals surface area contributed by atoms with E-state index in [4.69, 9.17) is 0 Å². The average Bonchev–Trinajstić information content (AvgIpc) is 2.63. The number of unbranched alkanes of at least 4 members (excludes halogenated alkanes) is 2. The van der Waals surface area contributed by atoms with Gasteiger partial charge in [0.25, 0.3) is 5.69 Å². The summed E-state index contributed by atoms with van der Waals surface area (Å²) in [5.41, 5.74) is 1.11. The molecule has 2 aromatic carbocycles. The smallest absolute Gasteiger partial charge is 0.258 e. The number of nitro groups is 1. The van der Waals surface area contributed by atoms with E-state index in [0.29, 0.717) is 0 Å². The van der Waals surface area contributed by atoms with Crippen molar-refractivity contribution in [3.05, 3.63) is 64.2 Å². The highest BCUT2D eigenvalue weighted by Crippen LogP contribution is 2.58. The van der Waals surface area contributed by atoms with Crippen LogP contribution >= 0.6 is 7.26 Å². The monoisotopic (exact) mass is 358 g/mol. The van der Waals surface area contributed by atoms with Crippen LogP contribution in [0, 0.1) is 17.0 Å². The van der Waals surface area contributed by atoms with Gasteiger partial charge in [0, 0.05) is 6.07 Å². The standard InChI is InChI=1S/C21H29NO2P/c1-4-6-16-25(17-7-5-2,19-12-9-8-10-13-19)21-15-11-14-20(18(21)3)22(23)24/h8-15H,4-7,16-17H2,1-3H3/q+1. The van der Waals surface area contributed by atoms with Crippen LogP contribution in [0.1, 0.15) is 45.1 Å². The van der Waals surface area contributed by atoms with E-state index in [1.807, 2.05) is 13.0 Å². The molecule has 0 N–H and O–H groups in total. The highest BCUT2D eigenvalue weighted by Gasteiger charge is 2.43. The Bertz CT molecular complexity index is 692. The minimum absolute atomic E-state index is 0.238. The van der Waals surface area contributed by atoms with Crippen LogP contribution in [0.15, 0.2) is 48.5 Å². The molecule has 25 heavy (non-hydrogen) atoms. The third-order valence-corrected chi connectivity index (χ3v) is 9.82. The fourth-order valence-corrected chi connectivity index (χ4v) is 8.68. The van der Waals surface area contributed by atoms with Crippen molar-refractivity contribution in [1.29, 1.82) is 0 Å². The van der Waals surface area contributed by atoms with Crippen LogP contribution in [0.5, 0.6) is 0 Å². The average molecular weight is 358 g/mol. The molecule has 134 valence electrons. The van der Waals surface area contributed by atoms with Crippen molar-refractivity contribution < 1.29 is 4.92 Å². The lowest BCUT2D eigenvalue weighted by Gasteiger charge is -2.28. The molecule has 0 fully saturated rings. The quantitative estimate of drug-likeness (QED) is 0.339. The molecule has 0 heterocycles. The van der Waals surface area contributed by atoms with Crippen LogP contribution in [0.3, 0.4) is 0 Å². The first kappa shape index (κ1) is 19.6. The lowest BCUT2D eigenvalue weighted by molar-refractivity contribution is -0.385. The highest BCUT2D eigenvalue weighted by atomic mass is 31.2. The van der Waals surface area contributed by atoms with Gasteiger partial charge in [-0.15, -0.1) is 0 Å². The van der Waals surface area contributed by atoms with Gasteiger partial charge in [-0.2, -0.15) is 0 Å². The van der Waals surface area contributed by atoms with E-state index in [2.05, 4.69) is 50.2 Å². The van der Waals surface area contributed by atoms with Crippen LogP contribution in [0.25, 0.3) is 0 Å². The molecule has 0 aliphatic heterocycles. The summed E-state index contributed by atoms with van der Waals surface area (Å²) >= 11 is 0. The van der Waals surface area contributed by atoms with Crippen molar-refractivity contribution in [2.24, 2.45) is 0 Å². The van der Waals surface area contributed by atoms with Crippen LogP contribution < -0.4 is 10.6 Å². The molecular weight excluding hydrogens is 329 g/mol. The van der Waals surface area contributed by atoms with Gasteiger partial charge in [-0.05, 0) is 38.0 Å². The summed E-state index contributed by atoms with van der Waals surface area (Å²) in [6, 6.07) is 16.4. The highest BCUT2D eigenvalue weighted by molar-refractivity contribution is 7.89. The Kier molecular flexibility index (Phi) is 7.13. The van der Waals surface area contributed by atoms with Gasteiger partial charge in [-0.3, -0.25) is 10.1 Å². The third kappa shape index (κ3) is 4.27. The van der Waals surface area contributed by atoms with Crippen molar-refractivity contribution >= 4 is 23.6 Å². The lowest BCUT2D eigenvalue weighted by atomic mass is 10.2. The first-order valence-corrected chi connectivity index (χ1v) is 11.4. The second kappa shape index (κ2) is 9.10. The number of hydrogen-bond donors (Lipinski definition) is 0. The molecule has 0 saturated carbocycles. The summed E-state index contributed by atoms with van der Waals surface area (Å²) in [6.07, 6.45) is 6.89. The van der Waals surface area contributed by atoms with Crippen molar-refractivity contribution in [2.75, 3.05) is 12.3 Å². The molecule has 0 spiro atoms. The number of benzene rings is 2. The Labute approximate surface area is 152 Å². The van der Waals surface area contributed by atoms with Gasteiger partial charge >= 0.3 is 0 Å². The largest absolute Gasteiger partial charge is 0.276 e. The van der Waals surface area contributed by atoms with Crippen LogP contribution in [-0.2, 0) is 0 Å². The van der Waals surface area contributed by atoms with E-state index in [9.17, 15) is 10.1 Å². The first-order valence-electron chi connectivity index (χ1n) is 9.24. The van der Waals surface area contributed by atoms with Gasteiger partial charge in [0.2, 0.25) is 0 Å². The Morgan fingerprint density at radius 2 is 1.52 bits per heavy atom. The zero-order chi connectivity index (χ0) is 18.3. The molecule has 2 rings (SSSR count). The molecule has 0 aromatic heterocycles.